The first-order chi connectivity index (χ1) is 13.3. The molecule has 0 spiro atoms. The molecule has 0 fully saturated rings. The number of ether oxygens (including phenoxy) is 1. The van der Waals surface area contributed by atoms with Crippen molar-refractivity contribution < 1.29 is 4.74 Å². The molecule has 0 saturated carbocycles. The lowest BCUT2D eigenvalue weighted by Crippen LogP contribution is -2.12. The van der Waals surface area contributed by atoms with E-state index in [4.69, 9.17) is 10.00 Å². The van der Waals surface area contributed by atoms with Crippen molar-refractivity contribution in [3.63, 3.8) is 0 Å². The number of thiophene rings is 1. The van der Waals surface area contributed by atoms with Crippen LogP contribution in [0.1, 0.15) is 42.2 Å². The maximum atomic E-state index is 9.09. The maximum absolute atomic E-state index is 9.09. The number of fused-ring (bicyclic) bond motifs is 3. The average molecular weight is 379 g/mol. The minimum absolute atomic E-state index is 0.410. The Morgan fingerprint density at radius 3 is 3.04 bits per heavy atom. The highest BCUT2D eigenvalue weighted by atomic mass is 32.1. The van der Waals surface area contributed by atoms with Gasteiger partial charge in [0.2, 0.25) is 0 Å². The quantitative estimate of drug-likeness (QED) is 0.663. The molecule has 1 aliphatic rings. The largest absolute Gasteiger partial charge is 0.476 e. The third-order valence-corrected chi connectivity index (χ3v) is 6.10. The molecule has 0 radical (unpaired) electrons. The molecule has 0 bridgehead atoms. The second kappa shape index (κ2) is 7.93. The van der Waals surface area contributed by atoms with Crippen LogP contribution in [0.25, 0.3) is 10.2 Å². The molecule has 3 aromatic rings. The molecule has 0 aliphatic heterocycles. The summed E-state index contributed by atoms with van der Waals surface area (Å²) in [4.78, 5) is 11.5. The zero-order valence-electron chi connectivity index (χ0n) is 15.4. The van der Waals surface area contributed by atoms with Crippen molar-refractivity contribution in [3.8, 4) is 11.8 Å². The molecule has 27 heavy (non-hydrogen) atoms. The van der Waals surface area contributed by atoms with E-state index in [1.54, 1.807) is 6.33 Å². The summed E-state index contributed by atoms with van der Waals surface area (Å²) >= 11 is 1.81. The summed E-state index contributed by atoms with van der Waals surface area (Å²) in [5.41, 5.74) is 2.53. The fourth-order valence-electron chi connectivity index (χ4n) is 3.50. The van der Waals surface area contributed by atoms with Crippen LogP contribution < -0.4 is 10.1 Å². The van der Waals surface area contributed by atoms with Crippen LogP contribution in [0.4, 0.5) is 5.82 Å². The lowest BCUT2D eigenvalue weighted by molar-refractivity contribution is 0.251. The second-order valence-electron chi connectivity index (χ2n) is 6.76. The molecule has 2 aromatic heterocycles. The van der Waals surface area contributed by atoms with Gasteiger partial charge in [-0.3, -0.25) is 0 Å². The number of anilines is 1. The highest BCUT2D eigenvalue weighted by molar-refractivity contribution is 7.19. The minimum Gasteiger partial charge on any atom is -0.476 e. The van der Waals surface area contributed by atoms with Gasteiger partial charge in [-0.05, 0) is 55.4 Å². The van der Waals surface area contributed by atoms with Gasteiger partial charge in [-0.15, -0.1) is 11.3 Å². The summed E-state index contributed by atoms with van der Waals surface area (Å²) < 4.78 is 5.72. The maximum Gasteiger partial charge on any atom is 0.184 e. The van der Waals surface area contributed by atoms with Gasteiger partial charge in [-0.25, -0.2) is 9.97 Å². The first kappa shape index (κ1) is 17.7. The lowest BCUT2D eigenvalue weighted by atomic mass is 9.97. The first-order valence-electron chi connectivity index (χ1n) is 9.42. The summed E-state index contributed by atoms with van der Waals surface area (Å²) in [5.74, 6) is 1.64. The Morgan fingerprint density at radius 2 is 2.19 bits per heavy atom. The molecule has 5 nitrogen and oxygen atoms in total. The number of nitrogens with one attached hydrogen (secondary N) is 1. The van der Waals surface area contributed by atoms with Crippen LogP contribution >= 0.6 is 11.3 Å². The van der Waals surface area contributed by atoms with Crippen LogP contribution in [0.2, 0.25) is 0 Å². The summed E-state index contributed by atoms with van der Waals surface area (Å²) in [5, 5.41) is 13.8. The molecule has 0 saturated heterocycles. The molecule has 1 aliphatic carbocycles. The Labute approximate surface area is 163 Å². The Bertz CT molecular complexity index is 992. The zero-order chi connectivity index (χ0) is 18.6. The van der Waals surface area contributed by atoms with E-state index >= 15 is 0 Å². The Balaban J connectivity index is 1.54. The van der Waals surface area contributed by atoms with Crippen molar-refractivity contribution >= 4 is 27.4 Å². The van der Waals surface area contributed by atoms with E-state index in [1.165, 1.54) is 28.7 Å². The Kier molecular flexibility index (Phi) is 5.21. The van der Waals surface area contributed by atoms with Gasteiger partial charge in [0, 0.05) is 11.4 Å². The summed E-state index contributed by atoms with van der Waals surface area (Å²) in [7, 11) is 0. The summed E-state index contributed by atoms with van der Waals surface area (Å²) in [6.07, 6.45) is 6.69. The molecule has 2 heterocycles. The predicted molar refractivity (Wildman–Crippen MR) is 108 cm³/mol. The molecular formula is C21H22N4OS. The number of hydrogen-bond donors (Lipinski definition) is 1. The number of aromatic nitrogens is 2. The smallest absolute Gasteiger partial charge is 0.184 e. The lowest BCUT2D eigenvalue weighted by Gasteiger charge is -2.13. The number of nitriles is 1. The zero-order valence-corrected chi connectivity index (χ0v) is 16.2. The van der Waals surface area contributed by atoms with Gasteiger partial charge < -0.3 is 10.1 Å². The van der Waals surface area contributed by atoms with Gasteiger partial charge in [0.25, 0.3) is 0 Å². The number of benzene rings is 1. The van der Waals surface area contributed by atoms with E-state index in [1.807, 2.05) is 36.5 Å². The fourth-order valence-corrected chi connectivity index (χ4v) is 4.73. The average Bonchev–Trinajstić information content (AvgIpc) is 3.10. The topological polar surface area (TPSA) is 70.8 Å². The van der Waals surface area contributed by atoms with Crippen molar-refractivity contribution in [2.24, 2.45) is 0 Å². The van der Waals surface area contributed by atoms with E-state index in [0.29, 0.717) is 13.0 Å². The van der Waals surface area contributed by atoms with Gasteiger partial charge in [0.15, 0.2) is 6.10 Å². The summed E-state index contributed by atoms with van der Waals surface area (Å²) in [6, 6.07) is 10.0. The third-order valence-electron chi connectivity index (χ3n) is 4.90. The van der Waals surface area contributed by atoms with Crippen LogP contribution in [0.3, 0.4) is 0 Å². The molecular weight excluding hydrogens is 356 g/mol. The molecule has 1 unspecified atom stereocenters. The number of nitrogens with zero attached hydrogens (tertiary/aromatic N) is 3. The van der Waals surface area contributed by atoms with E-state index in [-0.39, 0.29) is 0 Å². The van der Waals surface area contributed by atoms with Crippen LogP contribution in [-0.4, -0.2) is 16.1 Å². The molecule has 0 amide bonds. The predicted octanol–water partition coefficient (Wildman–Crippen LogP) is 4.86. The first-order valence-corrected chi connectivity index (χ1v) is 10.2. The van der Waals surface area contributed by atoms with Crippen molar-refractivity contribution in [2.75, 3.05) is 5.32 Å². The van der Waals surface area contributed by atoms with E-state index in [2.05, 4.69) is 27.4 Å². The van der Waals surface area contributed by atoms with Crippen LogP contribution in [0.15, 0.2) is 30.6 Å². The molecule has 1 aromatic carbocycles. The Morgan fingerprint density at radius 1 is 1.30 bits per heavy atom. The monoisotopic (exact) mass is 378 g/mol. The summed E-state index contributed by atoms with van der Waals surface area (Å²) in [6.45, 7) is 2.60. The van der Waals surface area contributed by atoms with Gasteiger partial charge in [-0.2, -0.15) is 5.26 Å². The van der Waals surface area contributed by atoms with Crippen LogP contribution in [-0.2, 0) is 19.4 Å². The highest BCUT2D eigenvalue weighted by Crippen LogP contribution is 2.38. The van der Waals surface area contributed by atoms with Crippen LogP contribution in [0.5, 0.6) is 5.75 Å². The van der Waals surface area contributed by atoms with Crippen molar-refractivity contribution in [2.45, 2.75) is 51.7 Å². The van der Waals surface area contributed by atoms with Crippen molar-refractivity contribution in [1.82, 2.24) is 9.97 Å². The molecule has 1 N–H and O–H groups in total. The molecule has 138 valence electrons. The van der Waals surface area contributed by atoms with Crippen molar-refractivity contribution in [1.29, 1.82) is 5.26 Å². The number of aryl methyl sites for hydroxylation is 2. The van der Waals surface area contributed by atoms with Gasteiger partial charge in [0.05, 0.1) is 5.39 Å². The number of rotatable bonds is 6. The van der Waals surface area contributed by atoms with E-state index in [9.17, 15) is 0 Å². The van der Waals surface area contributed by atoms with Gasteiger partial charge in [-0.1, -0.05) is 19.1 Å². The Hall–Kier alpha value is -2.65. The molecule has 6 heteroatoms. The molecule has 4 rings (SSSR count). The standard InChI is InChI=1S/C21H22N4OS/c1-2-15(11-22)26-16-7-5-6-14(10-16)12-23-20-19-17-8-3-4-9-18(17)27-21(19)25-13-24-20/h5-7,10,13,15H,2-4,8-9,12H2,1H3,(H,23,24,25). The number of hydrogen-bond acceptors (Lipinski definition) is 6. The fraction of sp³-hybridized carbons (Fsp3) is 0.381. The highest BCUT2D eigenvalue weighted by Gasteiger charge is 2.19. The van der Waals surface area contributed by atoms with Gasteiger partial charge in [0.1, 0.15) is 28.8 Å². The van der Waals surface area contributed by atoms with Crippen LogP contribution in [0, 0.1) is 11.3 Å². The normalized spacial score (nSPS) is 14.4. The van der Waals surface area contributed by atoms with Crippen molar-refractivity contribution in [3.05, 3.63) is 46.6 Å². The molecule has 1 atom stereocenters. The van der Waals surface area contributed by atoms with E-state index < -0.39 is 6.10 Å². The van der Waals surface area contributed by atoms with E-state index in [0.717, 1.165) is 34.8 Å². The second-order valence-corrected chi connectivity index (χ2v) is 7.84. The van der Waals surface area contributed by atoms with Gasteiger partial charge >= 0.3 is 0 Å². The SMILES string of the molecule is CCC(C#N)Oc1cccc(CNc2ncnc3sc4c(c23)CCCC4)c1. The minimum atomic E-state index is -0.410. The third kappa shape index (κ3) is 3.74.